The SMILES string of the molecule is CCOC(=O)c1cn2c(cc1=O)-c1cc(OC(F)(F)F)c(OS(=O)(=O)C(F)(F)F)cc1C1CC(C)(C)N12. The quantitative estimate of drug-likeness (QED) is 0.236. The van der Waals surface area contributed by atoms with Gasteiger partial charge in [-0.25, -0.2) is 4.79 Å². The van der Waals surface area contributed by atoms with Gasteiger partial charge in [-0.1, -0.05) is 0 Å². The number of alkyl halides is 6. The van der Waals surface area contributed by atoms with Crippen molar-refractivity contribution in [3.05, 3.63) is 45.7 Å². The summed E-state index contributed by atoms with van der Waals surface area (Å²) in [6.07, 6.45) is -3.94. The maximum absolute atomic E-state index is 13.1. The van der Waals surface area contributed by atoms with Crippen LogP contribution in [0.25, 0.3) is 11.3 Å². The molecule has 1 aromatic heterocycles. The lowest BCUT2D eigenvalue weighted by molar-refractivity contribution is -0.274. The number of rotatable bonds is 5. The van der Waals surface area contributed by atoms with Crippen LogP contribution in [0.4, 0.5) is 26.3 Å². The highest BCUT2D eigenvalue weighted by atomic mass is 32.2. The van der Waals surface area contributed by atoms with E-state index in [0.29, 0.717) is 18.6 Å². The highest BCUT2D eigenvalue weighted by molar-refractivity contribution is 7.88. The molecule has 1 saturated heterocycles. The van der Waals surface area contributed by atoms with Crippen LogP contribution in [-0.2, 0) is 14.9 Å². The molecule has 1 aromatic carbocycles. The lowest BCUT2D eigenvalue weighted by Crippen LogP contribution is -2.65. The van der Waals surface area contributed by atoms with Gasteiger partial charge in [-0.2, -0.15) is 21.6 Å². The molecule has 0 amide bonds. The van der Waals surface area contributed by atoms with Crippen molar-refractivity contribution < 1.29 is 53.2 Å². The van der Waals surface area contributed by atoms with Crippen molar-refractivity contribution in [3.8, 4) is 22.8 Å². The van der Waals surface area contributed by atoms with Gasteiger partial charge in [-0.05, 0) is 44.9 Å². The molecule has 2 aliphatic rings. The summed E-state index contributed by atoms with van der Waals surface area (Å²) in [6, 6.07) is 1.62. The molecule has 16 heteroatoms. The Kier molecular flexibility index (Phi) is 5.97. The second kappa shape index (κ2) is 8.29. The zero-order valence-electron chi connectivity index (χ0n) is 19.2. The normalized spacial score (nSPS) is 18.2. The van der Waals surface area contributed by atoms with E-state index in [-0.39, 0.29) is 29.0 Å². The summed E-state index contributed by atoms with van der Waals surface area (Å²) >= 11 is 0. The fraction of sp³-hybridized carbons (Fsp3) is 0.429. The number of halogens is 6. The highest BCUT2D eigenvalue weighted by Gasteiger charge is 2.52. The Balaban J connectivity index is 1.96. The summed E-state index contributed by atoms with van der Waals surface area (Å²) in [7, 11) is -6.35. The maximum Gasteiger partial charge on any atom is 0.573 e. The molecule has 0 bridgehead atoms. The standard InChI is InChI=1S/C21H18F6N2O7S/c1-4-34-18(31)12-9-28-13(7-15(12)30)10-5-16(35-20(22,23)24)17(36-37(32,33)21(25,26)27)6-11(10)14-8-19(2,3)29(14)28/h5-7,9,14H,4,8H2,1-3H3. The number of ether oxygens (including phenoxy) is 2. The summed E-state index contributed by atoms with van der Waals surface area (Å²) in [4.78, 5) is 25.0. The summed E-state index contributed by atoms with van der Waals surface area (Å²) in [5.41, 5.74) is -7.74. The molecule has 3 heterocycles. The van der Waals surface area contributed by atoms with E-state index in [2.05, 4.69) is 8.92 Å². The van der Waals surface area contributed by atoms with Crippen LogP contribution in [0.15, 0.2) is 29.2 Å². The van der Waals surface area contributed by atoms with Gasteiger partial charge in [0.15, 0.2) is 16.9 Å². The van der Waals surface area contributed by atoms with Crippen LogP contribution in [0, 0.1) is 0 Å². The van der Waals surface area contributed by atoms with Gasteiger partial charge in [0.2, 0.25) is 0 Å². The van der Waals surface area contributed by atoms with Gasteiger partial charge in [0.1, 0.15) is 5.56 Å². The van der Waals surface area contributed by atoms with E-state index >= 15 is 0 Å². The summed E-state index contributed by atoms with van der Waals surface area (Å²) < 4.78 is 115. The van der Waals surface area contributed by atoms with Crippen LogP contribution in [0.2, 0.25) is 0 Å². The minimum Gasteiger partial charge on any atom is -0.462 e. The zero-order chi connectivity index (χ0) is 27.7. The lowest BCUT2D eigenvalue weighted by Gasteiger charge is -2.60. The number of benzene rings is 1. The lowest BCUT2D eigenvalue weighted by atomic mass is 9.76. The predicted molar refractivity (Wildman–Crippen MR) is 114 cm³/mol. The van der Waals surface area contributed by atoms with Crippen molar-refractivity contribution in [2.24, 2.45) is 0 Å². The van der Waals surface area contributed by atoms with Gasteiger partial charge >= 0.3 is 28.0 Å². The van der Waals surface area contributed by atoms with Gasteiger partial charge in [-0.3, -0.25) is 14.5 Å². The van der Waals surface area contributed by atoms with E-state index in [1.54, 1.807) is 18.9 Å². The van der Waals surface area contributed by atoms with Crippen molar-refractivity contribution in [1.82, 2.24) is 4.68 Å². The number of aromatic nitrogens is 1. The van der Waals surface area contributed by atoms with Gasteiger partial charge in [-0.15, -0.1) is 13.2 Å². The highest BCUT2D eigenvalue weighted by Crippen LogP contribution is 2.53. The molecular formula is C21H18F6N2O7S. The first-order valence-corrected chi connectivity index (χ1v) is 12.0. The Morgan fingerprint density at radius 1 is 1.11 bits per heavy atom. The number of carbonyl (C=O) groups is 1. The Morgan fingerprint density at radius 3 is 2.30 bits per heavy atom. The molecule has 1 unspecified atom stereocenters. The zero-order valence-corrected chi connectivity index (χ0v) is 20.0. The third-order valence-electron chi connectivity index (χ3n) is 5.83. The first-order chi connectivity index (χ1) is 16.9. The smallest absolute Gasteiger partial charge is 0.462 e. The molecule has 0 saturated carbocycles. The third-order valence-corrected chi connectivity index (χ3v) is 6.79. The number of esters is 1. The van der Waals surface area contributed by atoms with E-state index in [0.717, 1.165) is 12.3 Å². The number of hydrogen-bond acceptors (Lipinski definition) is 8. The first kappa shape index (κ1) is 26.6. The topological polar surface area (TPSA) is 104 Å². The van der Waals surface area contributed by atoms with Crippen LogP contribution >= 0.6 is 0 Å². The third kappa shape index (κ3) is 4.57. The van der Waals surface area contributed by atoms with E-state index in [1.165, 1.54) is 11.6 Å². The van der Waals surface area contributed by atoms with E-state index in [4.69, 9.17) is 4.74 Å². The fourth-order valence-electron chi connectivity index (χ4n) is 4.42. The molecule has 202 valence electrons. The molecule has 9 nitrogen and oxygen atoms in total. The van der Waals surface area contributed by atoms with E-state index in [1.807, 2.05) is 0 Å². The summed E-state index contributed by atoms with van der Waals surface area (Å²) in [5.74, 6) is -3.64. The molecule has 0 aliphatic carbocycles. The molecule has 2 aliphatic heterocycles. The molecule has 0 spiro atoms. The number of fused-ring (bicyclic) bond motifs is 6. The minimum absolute atomic E-state index is 0.0191. The van der Waals surface area contributed by atoms with Crippen molar-refractivity contribution in [1.29, 1.82) is 0 Å². The van der Waals surface area contributed by atoms with Crippen LogP contribution in [-0.4, -0.2) is 43.1 Å². The fourth-order valence-corrected chi connectivity index (χ4v) is 4.88. The average Bonchev–Trinajstić information content (AvgIpc) is 2.72. The van der Waals surface area contributed by atoms with Gasteiger partial charge in [0, 0.05) is 17.8 Å². The van der Waals surface area contributed by atoms with Gasteiger partial charge in [0.05, 0.1) is 23.9 Å². The van der Waals surface area contributed by atoms with Crippen LogP contribution in [0.3, 0.4) is 0 Å². The number of carbonyl (C=O) groups excluding carboxylic acids is 1. The molecule has 4 rings (SSSR count). The average molecular weight is 556 g/mol. The molecule has 0 N–H and O–H groups in total. The van der Waals surface area contributed by atoms with Crippen LogP contribution in [0.1, 0.15) is 49.2 Å². The van der Waals surface area contributed by atoms with Crippen LogP contribution in [0.5, 0.6) is 11.5 Å². The Labute approximate surface area is 205 Å². The molecule has 37 heavy (non-hydrogen) atoms. The van der Waals surface area contributed by atoms with Crippen molar-refractivity contribution in [3.63, 3.8) is 0 Å². The number of pyridine rings is 1. The van der Waals surface area contributed by atoms with Crippen molar-refractivity contribution >= 4 is 16.1 Å². The maximum atomic E-state index is 13.1. The van der Waals surface area contributed by atoms with Crippen LogP contribution < -0.4 is 19.4 Å². The molecule has 2 aromatic rings. The summed E-state index contributed by atoms with van der Waals surface area (Å²) in [5, 5.41) is 1.64. The van der Waals surface area contributed by atoms with Crippen molar-refractivity contribution in [2.75, 3.05) is 11.6 Å². The van der Waals surface area contributed by atoms with Gasteiger partial charge in [0.25, 0.3) is 0 Å². The second-order valence-electron chi connectivity index (χ2n) is 8.80. The predicted octanol–water partition coefficient (Wildman–Crippen LogP) is 3.99. The second-order valence-corrected chi connectivity index (χ2v) is 10.3. The Hall–Kier alpha value is -3.43. The Bertz CT molecular complexity index is 1450. The number of hydrogen-bond donors (Lipinski definition) is 0. The first-order valence-electron chi connectivity index (χ1n) is 10.5. The van der Waals surface area contributed by atoms with E-state index < -0.39 is 56.5 Å². The largest absolute Gasteiger partial charge is 0.573 e. The molecule has 0 radical (unpaired) electrons. The minimum atomic E-state index is -6.35. The Morgan fingerprint density at radius 2 is 1.76 bits per heavy atom. The molecule has 1 atom stereocenters. The van der Waals surface area contributed by atoms with Crippen molar-refractivity contribution in [2.45, 2.75) is 50.6 Å². The number of nitrogens with zero attached hydrogens (tertiary/aromatic N) is 2. The molecular weight excluding hydrogens is 538 g/mol. The molecule has 1 fully saturated rings. The van der Waals surface area contributed by atoms with Gasteiger partial charge < -0.3 is 13.7 Å². The van der Waals surface area contributed by atoms with E-state index in [9.17, 15) is 44.3 Å². The monoisotopic (exact) mass is 556 g/mol. The summed E-state index contributed by atoms with van der Waals surface area (Å²) in [6.45, 7) is 5.04.